The third kappa shape index (κ3) is 4.63. The minimum atomic E-state index is -0.415. The summed E-state index contributed by atoms with van der Waals surface area (Å²) < 4.78 is 5.53. The maximum absolute atomic E-state index is 12.3. The quantitative estimate of drug-likeness (QED) is 0.828. The van der Waals surface area contributed by atoms with Crippen molar-refractivity contribution >= 4 is 6.09 Å². The maximum atomic E-state index is 12.3. The summed E-state index contributed by atoms with van der Waals surface area (Å²) in [6.45, 7) is 9.61. The molecule has 2 N–H and O–H groups in total. The van der Waals surface area contributed by atoms with Gasteiger partial charge in [0.25, 0.3) is 0 Å². The smallest absolute Gasteiger partial charge is 0.410 e. The van der Waals surface area contributed by atoms with Crippen LogP contribution in [0.25, 0.3) is 0 Å². The molecule has 1 amide bonds. The molecule has 0 aliphatic carbocycles. The van der Waals surface area contributed by atoms with Gasteiger partial charge in [0.2, 0.25) is 0 Å². The number of likely N-dealkylation sites (tertiary alicyclic amines) is 1. The summed E-state index contributed by atoms with van der Waals surface area (Å²) in [4.78, 5) is 14.2. The van der Waals surface area contributed by atoms with E-state index >= 15 is 0 Å². The van der Waals surface area contributed by atoms with Gasteiger partial charge in [-0.3, -0.25) is 0 Å². The van der Waals surface area contributed by atoms with Gasteiger partial charge in [0.15, 0.2) is 0 Å². The van der Waals surface area contributed by atoms with E-state index in [4.69, 9.17) is 4.74 Å². The zero-order valence-electron chi connectivity index (χ0n) is 13.1. The topological polar surface area (TPSA) is 53.6 Å². The van der Waals surface area contributed by atoms with Gasteiger partial charge >= 0.3 is 6.09 Å². The number of nitrogens with one attached hydrogen (secondary N) is 2. The SMILES string of the molecule is CC(C)(C)OC(=O)N1CCCCC1CNC1CCNC1. The van der Waals surface area contributed by atoms with E-state index in [9.17, 15) is 4.79 Å². The summed E-state index contributed by atoms with van der Waals surface area (Å²) >= 11 is 0. The van der Waals surface area contributed by atoms with E-state index in [-0.39, 0.29) is 12.1 Å². The second-order valence-corrected chi connectivity index (χ2v) is 6.92. The number of ether oxygens (including phenoxy) is 1. The van der Waals surface area contributed by atoms with Gasteiger partial charge in [-0.05, 0) is 53.0 Å². The van der Waals surface area contributed by atoms with Gasteiger partial charge in [0, 0.05) is 31.7 Å². The molecule has 0 saturated carbocycles. The largest absolute Gasteiger partial charge is 0.444 e. The third-order valence-corrected chi connectivity index (χ3v) is 3.96. The lowest BCUT2D eigenvalue weighted by molar-refractivity contribution is 0.00971. The first kappa shape index (κ1) is 15.6. The van der Waals surface area contributed by atoms with E-state index in [0.717, 1.165) is 39.0 Å². The molecule has 2 atom stereocenters. The number of carbonyl (C=O) groups is 1. The monoisotopic (exact) mass is 283 g/mol. The number of nitrogens with zero attached hydrogens (tertiary/aromatic N) is 1. The lowest BCUT2D eigenvalue weighted by Crippen LogP contribution is -2.51. The predicted molar refractivity (Wildman–Crippen MR) is 79.9 cm³/mol. The molecule has 0 aromatic heterocycles. The molecular weight excluding hydrogens is 254 g/mol. The normalized spacial score (nSPS) is 27.6. The minimum Gasteiger partial charge on any atom is -0.444 e. The lowest BCUT2D eigenvalue weighted by Gasteiger charge is -2.37. The zero-order valence-corrected chi connectivity index (χ0v) is 13.1. The molecule has 2 rings (SSSR count). The Labute approximate surface area is 122 Å². The van der Waals surface area contributed by atoms with E-state index in [2.05, 4.69) is 10.6 Å². The van der Waals surface area contributed by atoms with Crippen LogP contribution in [0.4, 0.5) is 4.79 Å². The minimum absolute atomic E-state index is 0.159. The fourth-order valence-corrected chi connectivity index (χ4v) is 2.91. The van der Waals surface area contributed by atoms with E-state index in [0.29, 0.717) is 6.04 Å². The maximum Gasteiger partial charge on any atom is 0.410 e. The van der Waals surface area contributed by atoms with E-state index in [1.54, 1.807) is 0 Å². The Hall–Kier alpha value is -0.810. The van der Waals surface area contributed by atoms with Gasteiger partial charge in [-0.1, -0.05) is 0 Å². The van der Waals surface area contributed by atoms with Crippen LogP contribution < -0.4 is 10.6 Å². The van der Waals surface area contributed by atoms with Gasteiger partial charge < -0.3 is 20.3 Å². The van der Waals surface area contributed by atoms with Crippen molar-refractivity contribution in [2.24, 2.45) is 0 Å². The van der Waals surface area contributed by atoms with Gasteiger partial charge in [-0.15, -0.1) is 0 Å². The number of hydrogen-bond donors (Lipinski definition) is 2. The fraction of sp³-hybridized carbons (Fsp3) is 0.933. The first-order valence-corrected chi connectivity index (χ1v) is 7.89. The van der Waals surface area contributed by atoms with Crippen LogP contribution in [0.2, 0.25) is 0 Å². The molecule has 2 heterocycles. The Morgan fingerprint density at radius 1 is 1.35 bits per heavy atom. The second kappa shape index (κ2) is 6.76. The van der Waals surface area contributed by atoms with Crippen LogP contribution in [-0.4, -0.2) is 54.9 Å². The summed E-state index contributed by atoms with van der Waals surface area (Å²) in [7, 11) is 0. The summed E-state index contributed by atoms with van der Waals surface area (Å²) in [5, 5.41) is 6.94. The molecular formula is C15H29N3O2. The van der Waals surface area contributed by atoms with Gasteiger partial charge in [-0.25, -0.2) is 4.79 Å². The Morgan fingerprint density at radius 2 is 2.15 bits per heavy atom. The van der Waals surface area contributed by atoms with Crippen molar-refractivity contribution in [2.45, 2.75) is 64.1 Å². The molecule has 5 nitrogen and oxygen atoms in total. The van der Waals surface area contributed by atoms with Crippen molar-refractivity contribution in [3.8, 4) is 0 Å². The lowest BCUT2D eigenvalue weighted by atomic mass is 10.0. The number of amides is 1. The summed E-state index contributed by atoms with van der Waals surface area (Å²) in [5.74, 6) is 0. The molecule has 2 aliphatic rings. The highest BCUT2D eigenvalue weighted by molar-refractivity contribution is 5.68. The average Bonchev–Trinajstić information content (AvgIpc) is 2.87. The van der Waals surface area contributed by atoms with Gasteiger partial charge in [0.1, 0.15) is 5.60 Å². The van der Waals surface area contributed by atoms with E-state index < -0.39 is 5.60 Å². The van der Waals surface area contributed by atoms with Crippen molar-refractivity contribution < 1.29 is 9.53 Å². The zero-order chi connectivity index (χ0) is 14.6. The first-order chi connectivity index (χ1) is 9.46. The Balaban J connectivity index is 1.85. The molecule has 2 aliphatic heterocycles. The van der Waals surface area contributed by atoms with Crippen LogP contribution in [0.5, 0.6) is 0 Å². The highest BCUT2D eigenvalue weighted by atomic mass is 16.6. The van der Waals surface area contributed by atoms with Crippen molar-refractivity contribution in [3.05, 3.63) is 0 Å². The highest BCUT2D eigenvalue weighted by Gasteiger charge is 2.30. The average molecular weight is 283 g/mol. The molecule has 5 heteroatoms. The second-order valence-electron chi connectivity index (χ2n) is 6.92. The number of rotatable bonds is 3. The standard InChI is InChI=1S/C15H29N3O2/c1-15(2,3)20-14(19)18-9-5-4-6-13(18)11-17-12-7-8-16-10-12/h12-13,16-17H,4-11H2,1-3H3. The number of piperidine rings is 1. The highest BCUT2D eigenvalue weighted by Crippen LogP contribution is 2.20. The Kier molecular flexibility index (Phi) is 5.27. The molecule has 0 aromatic carbocycles. The Morgan fingerprint density at radius 3 is 2.80 bits per heavy atom. The van der Waals surface area contributed by atoms with Crippen molar-refractivity contribution in [1.29, 1.82) is 0 Å². The molecule has 2 unspecified atom stereocenters. The Bertz CT molecular complexity index is 322. The van der Waals surface area contributed by atoms with Crippen LogP contribution in [0.3, 0.4) is 0 Å². The third-order valence-electron chi connectivity index (χ3n) is 3.96. The van der Waals surface area contributed by atoms with Crippen LogP contribution in [0.1, 0.15) is 46.5 Å². The van der Waals surface area contributed by atoms with Gasteiger partial charge in [-0.2, -0.15) is 0 Å². The molecule has 20 heavy (non-hydrogen) atoms. The van der Waals surface area contributed by atoms with Crippen molar-refractivity contribution in [1.82, 2.24) is 15.5 Å². The summed E-state index contributed by atoms with van der Waals surface area (Å²) in [6, 6.07) is 0.830. The van der Waals surface area contributed by atoms with Crippen molar-refractivity contribution in [2.75, 3.05) is 26.2 Å². The molecule has 2 fully saturated rings. The van der Waals surface area contributed by atoms with E-state index in [1.165, 1.54) is 12.8 Å². The van der Waals surface area contributed by atoms with Crippen molar-refractivity contribution in [3.63, 3.8) is 0 Å². The molecule has 0 bridgehead atoms. The first-order valence-electron chi connectivity index (χ1n) is 7.89. The molecule has 0 aromatic rings. The number of carbonyl (C=O) groups excluding carboxylic acids is 1. The fourth-order valence-electron chi connectivity index (χ4n) is 2.91. The number of hydrogen-bond acceptors (Lipinski definition) is 4. The summed E-state index contributed by atoms with van der Waals surface area (Å²) in [5.41, 5.74) is -0.415. The predicted octanol–water partition coefficient (Wildman–Crippen LogP) is 1.73. The molecule has 116 valence electrons. The summed E-state index contributed by atoms with van der Waals surface area (Å²) in [6.07, 6.45) is 4.38. The van der Waals surface area contributed by atoms with Gasteiger partial charge in [0.05, 0.1) is 0 Å². The molecule has 2 saturated heterocycles. The van der Waals surface area contributed by atoms with E-state index in [1.807, 2.05) is 25.7 Å². The van der Waals surface area contributed by atoms with Crippen LogP contribution in [0.15, 0.2) is 0 Å². The van der Waals surface area contributed by atoms with Crippen LogP contribution in [-0.2, 0) is 4.74 Å². The van der Waals surface area contributed by atoms with Crippen LogP contribution >= 0.6 is 0 Å². The van der Waals surface area contributed by atoms with Crippen LogP contribution in [0, 0.1) is 0 Å². The molecule has 0 radical (unpaired) electrons. The molecule has 0 spiro atoms.